The molecule has 0 aliphatic heterocycles. The molecule has 0 fully saturated rings. The first-order chi connectivity index (χ1) is 5.77. The number of rotatable bonds is 4. The average molecular weight is 170 g/mol. The minimum absolute atomic E-state index is 1.00. The molecular formula is C11H22O. The van der Waals surface area contributed by atoms with Crippen molar-refractivity contribution in [2.45, 2.75) is 40.0 Å². The van der Waals surface area contributed by atoms with E-state index in [1.807, 2.05) is 0 Å². The molecule has 1 N–H and O–H groups in total. The van der Waals surface area contributed by atoms with Crippen LogP contribution in [0.4, 0.5) is 0 Å². The molecule has 0 radical (unpaired) electrons. The molecule has 0 saturated carbocycles. The lowest BCUT2D eigenvalue weighted by atomic mass is 10.2. The fourth-order valence-corrected chi connectivity index (χ4v) is 0.793. The van der Waals surface area contributed by atoms with Crippen LogP contribution in [0.5, 0.6) is 0 Å². The molecule has 0 aromatic heterocycles. The zero-order valence-corrected chi connectivity index (χ0v) is 8.80. The molecule has 0 spiro atoms. The third-order valence-corrected chi connectivity index (χ3v) is 1.36. The zero-order chi connectivity index (χ0) is 9.82. The highest BCUT2D eigenvalue weighted by Crippen LogP contribution is 2.00. The van der Waals surface area contributed by atoms with Gasteiger partial charge < -0.3 is 5.11 Å². The van der Waals surface area contributed by atoms with E-state index in [0.29, 0.717) is 0 Å². The van der Waals surface area contributed by atoms with Gasteiger partial charge in [0.1, 0.15) is 0 Å². The smallest absolute Gasteiger partial charge is 0.0319 e. The zero-order valence-electron chi connectivity index (χ0n) is 8.80. The Bertz CT molecular complexity index is 119. The quantitative estimate of drug-likeness (QED) is 0.507. The van der Waals surface area contributed by atoms with Crippen molar-refractivity contribution < 1.29 is 5.11 Å². The SMILES string of the molecule is CC=CCCCC=C(C)C.CO. The fourth-order valence-electron chi connectivity index (χ4n) is 0.793. The van der Waals surface area contributed by atoms with E-state index in [1.54, 1.807) is 0 Å². The summed E-state index contributed by atoms with van der Waals surface area (Å²) in [5, 5.41) is 7.00. The summed E-state index contributed by atoms with van der Waals surface area (Å²) < 4.78 is 0. The topological polar surface area (TPSA) is 20.2 Å². The second kappa shape index (κ2) is 13.1. The van der Waals surface area contributed by atoms with Crippen LogP contribution in [0.25, 0.3) is 0 Å². The van der Waals surface area contributed by atoms with Crippen molar-refractivity contribution in [2.75, 3.05) is 7.11 Å². The second-order valence-electron chi connectivity index (χ2n) is 2.78. The molecule has 0 bridgehead atoms. The van der Waals surface area contributed by atoms with Crippen LogP contribution in [0.1, 0.15) is 40.0 Å². The van der Waals surface area contributed by atoms with Gasteiger partial charge in [0.25, 0.3) is 0 Å². The van der Waals surface area contributed by atoms with Gasteiger partial charge in [-0.1, -0.05) is 23.8 Å². The summed E-state index contributed by atoms with van der Waals surface area (Å²) in [5.41, 5.74) is 1.43. The Morgan fingerprint density at radius 2 is 1.75 bits per heavy atom. The van der Waals surface area contributed by atoms with Crippen LogP contribution in [-0.2, 0) is 0 Å². The van der Waals surface area contributed by atoms with Gasteiger partial charge in [0, 0.05) is 7.11 Å². The standard InChI is InChI=1S/C10H18.CH4O/c1-4-5-6-7-8-9-10(2)3;1-2/h4-5,9H,6-8H2,1-3H3;2H,1H3. The van der Waals surface area contributed by atoms with Crippen molar-refractivity contribution in [1.82, 2.24) is 0 Å². The molecule has 0 atom stereocenters. The van der Waals surface area contributed by atoms with Gasteiger partial charge >= 0.3 is 0 Å². The number of aliphatic hydroxyl groups excluding tert-OH is 1. The van der Waals surface area contributed by atoms with Crippen LogP contribution in [-0.4, -0.2) is 12.2 Å². The molecule has 72 valence electrons. The summed E-state index contributed by atoms with van der Waals surface area (Å²) in [6.45, 7) is 6.37. The summed E-state index contributed by atoms with van der Waals surface area (Å²) in [6.07, 6.45) is 10.4. The molecule has 0 rings (SSSR count). The Labute approximate surface area is 76.8 Å². The first-order valence-electron chi connectivity index (χ1n) is 4.46. The molecule has 12 heavy (non-hydrogen) atoms. The largest absolute Gasteiger partial charge is 0.400 e. The summed E-state index contributed by atoms with van der Waals surface area (Å²) >= 11 is 0. The lowest BCUT2D eigenvalue weighted by molar-refractivity contribution is 0.399. The Kier molecular flexibility index (Phi) is 15.2. The van der Waals surface area contributed by atoms with Crippen molar-refractivity contribution in [2.24, 2.45) is 0 Å². The lowest BCUT2D eigenvalue weighted by Gasteiger charge is -1.90. The minimum Gasteiger partial charge on any atom is -0.400 e. The van der Waals surface area contributed by atoms with Gasteiger partial charge in [-0.15, -0.1) is 0 Å². The maximum atomic E-state index is 7.00. The van der Waals surface area contributed by atoms with Gasteiger partial charge in [-0.05, 0) is 40.0 Å². The molecule has 1 heteroatoms. The van der Waals surface area contributed by atoms with Crippen molar-refractivity contribution in [1.29, 1.82) is 0 Å². The number of hydrogen-bond acceptors (Lipinski definition) is 1. The van der Waals surface area contributed by atoms with E-state index in [0.717, 1.165) is 7.11 Å². The van der Waals surface area contributed by atoms with Gasteiger partial charge in [-0.3, -0.25) is 0 Å². The maximum absolute atomic E-state index is 7.00. The van der Waals surface area contributed by atoms with Crippen molar-refractivity contribution in [3.05, 3.63) is 23.8 Å². The highest BCUT2D eigenvalue weighted by molar-refractivity contribution is 4.93. The molecular weight excluding hydrogens is 148 g/mol. The summed E-state index contributed by atoms with van der Waals surface area (Å²) in [7, 11) is 1.00. The maximum Gasteiger partial charge on any atom is 0.0319 e. The highest BCUT2D eigenvalue weighted by Gasteiger charge is 1.80. The van der Waals surface area contributed by atoms with Crippen LogP contribution >= 0.6 is 0 Å². The fraction of sp³-hybridized carbons (Fsp3) is 0.636. The molecule has 0 unspecified atom stereocenters. The van der Waals surface area contributed by atoms with Crippen LogP contribution < -0.4 is 0 Å². The Hall–Kier alpha value is -0.560. The van der Waals surface area contributed by atoms with Gasteiger partial charge in [0.05, 0.1) is 0 Å². The summed E-state index contributed by atoms with van der Waals surface area (Å²) in [4.78, 5) is 0. The van der Waals surface area contributed by atoms with Crippen LogP contribution in [0.15, 0.2) is 23.8 Å². The monoisotopic (exact) mass is 170 g/mol. The molecule has 0 aromatic carbocycles. The van der Waals surface area contributed by atoms with Crippen LogP contribution in [0.3, 0.4) is 0 Å². The Balaban J connectivity index is 0. The second-order valence-corrected chi connectivity index (χ2v) is 2.78. The summed E-state index contributed by atoms with van der Waals surface area (Å²) in [6, 6.07) is 0. The minimum atomic E-state index is 1.00. The van der Waals surface area contributed by atoms with E-state index in [-0.39, 0.29) is 0 Å². The number of unbranched alkanes of at least 4 members (excludes halogenated alkanes) is 2. The normalized spacial score (nSPS) is 9.08. The molecule has 0 aliphatic rings. The van der Waals surface area contributed by atoms with E-state index in [9.17, 15) is 0 Å². The van der Waals surface area contributed by atoms with Crippen molar-refractivity contribution in [3.63, 3.8) is 0 Å². The molecule has 0 aromatic rings. The molecule has 0 saturated heterocycles. The van der Waals surface area contributed by atoms with Gasteiger partial charge in [0.2, 0.25) is 0 Å². The number of allylic oxidation sites excluding steroid dienone is 4. The highest BCUT2D eigenvalue weighted by atomic mass is 16.2. The molecule has 0 aliphatic carbocycles. The number of aliphatic hydroxyl groups is 1. The summed E-state index contributed by atoms with van der Waals surface area (Å²) in [5.74, 6) is 0. The molecule has 0 amide bonds. The van der Waals surface area contributed by atoms with E-state index in [1.165, 1.54) is 24.8 Å². The average Bonchev–Trinajstić information content (AvgIpc) is 2.07. The van der Waals surface area contributed by atoms with E-state index >= 15 is 0 Å². The van der Waals surface area contributed by atoms with E-state index in [2.05, 4.69) is 39.0 Å². The molecule has 1 nitrogen and oxygen atoms in total. The van der Waals surface area contributed by atoms with E-state index in [4.69, 9.17) is 5.11 Å². The third kappa shape index (κ3) is 16.2. The third-order valence-electron chi connectivity index (χ3n) is 1.36. The number of hydrogen-bond donors (Lipinski definition) is 1. The van der Waals surface area contributed by atoms with Crippen LogP contribution in [0, 0.1) is 0 Å². The lowest BCUT2D eigenvalue weighted by Crippen LogP contribution is -1.70. The Morgan fingerprint density at radius 3 is 2.17 bits per heavy atom. The van der Waals surface area contributed by atoms with Gasteiger partial charge in [-0.2, -0.15) is 0 Å². The van der Waals surface area contributed by atoms with Gasteiger partial charge in [0.15, 0.2) is 0 Å². The van der Waals surface area contributed by atoms with Crippen molar-refractivity contribution in [3.8, 4) is 0 Å². The molecule has 0 heterocycles. The van der Waals surface area contributed by atoms with E-state index < -0.39 is 0 Å². The predicted molar refractivity (Wildman–Crippen MR) is 56.2 cm³/mol. The first-order valence-corrected chi connectivity index (χ1v) is 4.46. The van der Waals surface area contributed by atoms with Crippen molar-refractivity contribution >= 4 is 0 Å². The predicted octanol–water partition coefficient (Wildman–Crippen LogP) is 3.31. The van der Waals surface area contributed by atoms with Crippen LogP contribution in [0.2, 0.25) is 0 Å². The Morgan fingerprint density at radius 1 is 1.17 bits per heavy atom. The first kappa shape index (κ1) is 14.0. The van der Waals surface area contributed by atoms with Gasteiger partial charge in [-0.25, -0.2) is 0 Å².